The van der Waals surface area contributed by atoms with Crippen molar-refractivity contribution in [1.82, 2.24) is 15.2 Å². The second kappa shape index (κ2) is 10.1. The molecule has 9 heteroatoms. The predicted octanol–water partition coefficient (Wildman–Crippen LogP) is 4.00. The number of hydrogen-bond donors (Lipinski definition) is 1. The summed E-state index contributed by atoms with van der Waals surface area (Å²) in [6.45, 7) is 12.4. The van der Waals surface area contributed by atoms with Crippen molar-refractivity contribution < 1.29 is 9.59 Å². The number of nitrogens with zero attached hydrogens (tertiary/aromatic N) is 5. The molecule has 0 bridgehead atoms. The van der Waals surface area contributed by atoms with Gasteiger partial charge >= 0.3 is 0 Å². The Morgan fingerprint density at radius 1 is 1.14 bits per heavy atom. The molecule has 2 amide bonds. The summed E-state index contributed by atoms with van der Waals surface area (Å²) in [4.78, 5) is 35.2. The molecule has 192 valence electrons. The molecule has 36 heavy (non-hydrogen) atoms. The maximum absolute atomic E-state index is 13.1. The van der Waals surface area contributed by atoms with Crippen LogP contribution in [0.25, 0.3) is 0 Å². The molecule has 1 aromatic carbocycles. The van der Waals surface area contributed by atoms with Crippen LogP contribution in [0, 0.1) is 19.8 Å². The monoisotopic (exact) mass is 508 g/mol. The third-order valence-electron chi connectivity index (χ3n) is 7.18. The minimum Gasteiger partial charge on any atom is -0.368 e. The van der Waals surface area contributed by atoms with Crippen LogP contribution in [0.2, 0.25) is 0 Å². The Hall–Kier alpha value is -3.07. The fourth-order valence-electron chi connectivity index (χ4n) is 5.32. The number of carbonyl (C=O) groups is 2. The first kappa shape index (κ1) is 24.6. The molecule has 0 saturated carbocycles. The first-order valence-corrected chi connectivity index (χ1v) is 13.8. The van der Waals surface area contributed by atoms with Gasteiger partial charge in [-0.2, -0.15) is 5.10 Å². The van der Waals surface area contributed by atoms with E-state index in [9.17, 15) is 9.59 Å². The Labute approximate surface area is 217 Å². The largest absolute Gasteiger partial charge is 0.368 e. The van der Waals surface area contributed by atoms with Gasteiger partial charge in [-0.25, -0.2) is 0 Å². The molecule has 2 aromatic rings. The lowest BCUT2D eigenvalue weighted by molar-refractivity contribution is -0.131. The second-order valence-electron chi connectivity index (χ2n) is 10.4. The summed E-state index contributed by atoms with van der Waals surface area (Å²) in [5.41, 5.74) is 7.93. The van der Waals surface area contributed by atoms with E-state index < -0.39 is 0 Å². The van der Waals surface area contributed by atoms with Gasteiger partial charge in [-0.3, -0.25) is 24.8 Å². The number of rotatable bonds is 7. The van der Waals surface area contributed by atoms with E-state index in [2.05, 4.69) is 66.2 Å². The number of amides is 2. The fraction of sp³-hybridized carbons (Fsp3) is 0.519. The van der Waals surface area contributed by atoms with E-state index in [-0.39, 0.29) is 18.1 Å². The summed E-state index contributed by atoms with van der Waals surface area (Å²) in [5, 5.41) is 6.56. The van der Waals surface area contributed by atoms with Gasteiger partial charge < -0.3 is 9.80 Å². The molecule has 8 nitrogen and oxygen atoms in total. The second-order valence-corrected chi connectivity index (χ2v) is 11.3. The smallest absolute Gasteiger partial charge is 0.269 e. The molecule has 1 atom stereocenters. The van der Waals surface area contributed by atoms with Crippen LogP contribution in [0.4, 0.5) is 11.4 Å². The van der Waals surface area contributed by atoms with E-state index in [1.165, 1.54) is 28.2 Å². The van der Waals surface area contributed by atoms with Crippen molar-refractivity contribution in [2.24, 2.45) is 11.0 Å². The van der Waals surface area contributed by atoms with E-state index in [1.807, 2.05) is 21.2 Å². The topological polar surface area (TPSA) is 71.5 Å². The molecule has 3 aliphatic rings. The van der Waals surface area contributed by atoms with Crippen molar-refractivity contribution in [3.8, 4) is 0 Å². The highest BCUT2D eigenvalue weighted by molar-refractivity contribution is 7.12. The third-order valence-corrected chi connectivity index (χ3v) is 8.07. The molecule has 1 fully saturated rings. The van der Waals surface area contributed by atoms with Crippen LogP contribution in [0.3, 0.4) is 0 Å². The fourth-order valence-corrected chi connectivity index (χ4v) is 6.16. The third kappa shape index (κ3) is 4.68. The SMILES string of the molecule is Cc1ccc(C)c(N2CCN(C(=O)CCCC3=NNC4N(CC(C)C)C(=O)c5sccc5N34)CC2)c1. The summed E-state index contributed by atoms with van der Waals surface area (Å²) in [6.07, 6.45) is 1.64. The minimum atomic E-state index is -0.286. The Kier molecular flexibility index (Phi) is 6.92. The molecule has 0 spiro atoms. The van der Waals surface area contributed by atoms with Gasteiger partial charge in [0.2, 0.25) is 12.2 Å². The van der Waals surface area contributed by atoms with Crippen molar-refractivity contribution >= 4 is 40.4 Å². The van der Waals surface area contributed by atoms with Gasteiger partial charge in [0.1, 0.15) is 10.7 Å². The molecule has 4 heterocycles. The van der Waals surface area contributed by atoms with Gasteiger partial charge in [-0.15, -0.1) is 11.3 Å². The van der Waals surface area contributed by atoms with Crippen molar-refractivity contribution in [1.29, 1.82) is 0 Å². The van der Waals surface area contributed by atoms with Gasteiger partial charge in [-0.1, -0.05) is 26.0 Å². The van der Waals surface area contributed by atoms with E-state index in [1.54, 1.807) is 0 Å². The Balaban J connectivity index is 1.15. The highest BCUT2D eigenvalue weighted by atomic mass is 32.1. The average Bonchev–Trinajstić information content (AvgIpc) is 3.50. The number of hydrazone groups is 1. The lowest BCUT2D eigenvalue weighted by Gasteiger charge is -2.40. The van der Waals surface area contributed by atoms with E-state index in [0.29, 0.717) is 25.3 Å². The van der Waals surface area contributed by atoms with Gasteiger partial charge in [-0.05, 0) is 54.8 Å². The molecule has 3 aliphatic heterocycles. The van der Waals surface area contributed by atoms with Gasteiger partial charge in [0.15, 0.2) is 0 Å². The Bertz CT molecular complexity index is 1170. The number of hydrogen-bond acceptors (Lipinski definition) is 7. The number of thiophene rings is 1. The number of carbonyl (C=O) groups excluding carboxylic acids is 2. The van der Waals surface area contributed by atoms with Crippen LogP contribution in [-0.2, 0) is 4.79 Å². The first-order chi connectivity index (χ1) is 17.3. The average molecular weight is 509 g/mol. The van der Waals surface area contributed by atoms with Crippen molar-refractivity contribution in [2.75, 3.05) is 42.5 Å². The van der Waals surface area contributed by atoms with Crippen LogP contribution in [0.1, 0.15) is 53.9 Å². The van der Waals surface area contributed by atoms with Crippen molar-refractivity contribution in [3.63, 3.8) is 0 Å². The highest BCUT2D eigenvalue weighted by Crippen LogP contribution is 2.37. The molecule has 5 rings (SSSR count). The van der Waals surface area contributed by atoms with Crippen molar-refractivity contribution in [3.05, 3.63) is 45.6 Å². The van der Waals surface area contributed by atoms with Crippen LogP contribution < -0.4 is 15.2 Å². The summed E-state index contributed by atoms with van der Waals surface area (Å²) >= 11 is 1.48. The molecular weight excluding hydrogens is 472 g/mol. The Morgan fingerprint density at radius 3 is 2.67 bits per heavy atom. The molecule has 1 unspecified atom stereocenters. The molecular formula is C27H36N6O2S. The van der Waals surface area contributed by atoms with E-state index in [0.717, 1.165) is 49.0 Å². The van der Waals surface area contributed by atoms with Gasteiger partial charge in [0.25, 0.3) is 5.91 Å². The molecule has 1 aromatic heterocycles. The molecule has 1 saturated heterocycles. The number of nitrogens with one attached hydrogen (secondary N) is 1. The quantitative estimate of drug-likeness (QED) is 0.612. The van der Waals surface area contributed by atoms with Crippen LogP contribution in [-0.4, -0.2) is 66.5 Å². The molecule has 0 aliphatic carbocycles. The minimum absolute atomic E-state index is 0.0640. The number of aryl methyl sites for hydroxylation is 2. The summed E-state index contributed by atoms with van der Waals surface area (Å²) < 4.78 is 0. The Morgan fingerprint density at radius 2 is 1.92 bits per heavy atom. The maximum atomic E-state index is 13.1. The summed E-state index contributed by atoms with van der Waals surface area (Å²) in [6, 6.07) is 8.56. The predicted molar refractivity (Wildman–Crippen MR) is 146 cm³/mol. The highest BCUT2D eigenvalue weighted by Gasteiger charge is 2.43. The standard InChI is InChI=1S/C27H36N6O2S/c1-18(2)17-32-26(35)25-21(10-15-36-25)33-23(28-29-27(32)33)6-5-7-24(34)31-13-11-30(12-14-31)22-16-19(3)8-9-20(22)4/h8-10,15-16,18,27,29H,5-7,11-14,17H2,1-4H3. The van der Waals surface area contributed by atoms with E-state index >= 15 is 0 Å². The number of piperazine rings is 1. The summed E-state index contributed by atoms with van der Waals surface area (Å²) in [7, 11) is 0. The zero-order chi connectivity index (χ0) is 25.4. The lowest BCUT2D eigenvalue weighted by atomic mass is 10.1. The first-order valence-electron chi connectivity index (χ1n) is 12.9. The lowest BCUT2D eigenvalue weighted by Crippen LogP contribution is -2.59. The zero-order valence-electron chi connectivity index (χ0n) is 21.7. The number of fused-ring (bicyclic) bond motifs is 3. The maximum Gasteiger partial charge on any atom is 0.269 e. The zero-order valence-corrected chi connectivity index (χ0v) is 22.5. The number of benzene rings is 1. The van der Waals surface area contributed by atoms with Gasteiger partial charge in [0.05, 0.1) is 5.69 Å². The number of anilines is 2. The normalized spacial score (nSPS) is 19.4. The van der Waals surface area contributed by atoms with E-state index in [4.69, 9.17) is 0 Å². The van der Waals surface area contributed by atoms with Crippen LogP contribution in [0.15, 0.2) is 34.7 Å². The number of amidine groups is 1. The molecule has 0 radical (unpaired) electrons. The van der Waals surface area contributed by atoms with Gasteiger partial charge in [0, 0.05) is 51.3 Å². The summed E-state index contributed by atoms with van der Waals surface area (Å²) in [5.74, 6) is 1.53. The van der Waals surface area contributed by atoms with Crippen LogP contribution >= 0.6 is 11.3 Å². The molecule has 1 N–H and O–H groups in total. The van der Waals surface area contributed by atoms with Crippen LogP contribution in [0.5, 0.6) is 0 Å². The van der Waals surface area contributed by atoms with Crippen molar-refractivity contribution in [2.45, 2.75) is 53.2 Å².